The summed E-state index contributed by atoms with van der Waals surface area (Å²) in [6, 6.07) is 3.09. The van der Waals surface area contributed by atoms with Gasteiger partial charge in [-0.05, 0) is 56.5 Å². The second kappa shape index (κ2) is 9.52. The Hall–Kier alpha value is -1.40. The van der Waals surface area contributed by atoms with E-state index in [1.807, 2.05) is 0 Å². The van der Waals surface area contributed by atoms with Crippen LogP contribution in [0.25, 0.3) is 0 Å². The lowest BCUT2D eigenvalue weighted by Crippen LogP contribution is -2.25. The van der Waals surface area contributed by atoms with E-state index in [9.17, 15) is 13.6 Å². The molecule has 0 saturated heterocycles. The Morgan fingerprint density at radius 1 is 1.29 bits per heavy atom. The van der Waals surface area contributed by atoms with Gasteiger partial charge in [-0.3, -0.25) is 4.79 Å². The fourth-order valence-electron chi connectivity index (χ4n) is 1.93. The molecule has 0 fully saturated rings. The average Bonchev–Trinajstić information content (AvgIpc) is 2.38. The van der Waals surface area contributed by atoms with Crippen LogP contribution in [-0.4, -0.2) is 25.6 Å². The van der Waals surface area contributed by atoms with E-state index < -0.39 is 6.61 Å². The zero-order chi connectivity index (χ0) is 15.1. The highest BCUT2D eigenvalue weighted by molar-refractivity contribution is 5.94. The summed E-state index contributed by atoms with van der Waals surface area (Å²) in [5, 5.41) is 2.76. The molecule has 0 aliphatic carbocycles. The molecule has 1 amide bonds. The molecule has 1 aromatic rings. The van der Waals surface area contributed by atoms with E-state index in [0.29, 0.717) is 29.8 Å². The third-order valence-corrected chi connectivity index (χ3v) is 2.85. The van der Waals surface area contributed by atoms with Crippen molar-refractivity contribution in [1.82, 2.24) is 5.32 Å². The highest BCUT2D eigenvalue weighted by atomic mass is 35.5. The Morgan fingerprint density at radius 3 is 2.33 bits per heavy atom. The minimum Gasteiger partial charge on any atom is -0.434 e. The number of alkyl halides is 2. The molecule has 21 heavy (non-hydrogen) atoms. The van der Waals surface area contributed by atoms with Crippen LogP contribution in [0.2, 0.25) is 0 Å². The Kier molecular flexibility index (Phi) is 8.89. The third kappa shape index (κ3) is 6.27. The number of nitrogens with two attached hydrogens (primary N) is 1. The number of carbonyl (C=O) groups excluding carboxylic acids is 1. The number of amides is 1. The summed E-state index contributed by atoms with van der Waals surface area (Å²) in [5.74, 6) is -0.100. The fraction of sp³-hybridized carbons (Fsp3) is 0.500. The maximum Gasteiger partial charge on any atom is 0.387 e. The minimum absolute atomic E-state index is 0. The van der Waals surface area contributed by atoms with Crippen LogP contribution in [0.15, 0.2) is 12.1 Å². The number of carbonyl (C=O) groups is 1. The monoisotopic (exact) mass is 322 g/mol. The summed E-state index contributed by atoms with van der Waals surface area (Å²) < 4.78 is 29.0. The van der Waals surface area contributed by atoms with Gasteiger partial charge in [-0.25, -0.2) is 0 Å². The number of hydrogen-bond donors (Lipinski definition) is 2. The maximum absolute atomic E-state index is 12.3. The summed E-state index contributed by atoms with van der Waals surface area (Å²) in [6.07, 6.45) is 1.66. The second-order valence-electron chi connectivity index (χ2n) is 4.57. The molecule has 0 aliphatic heterocycles. The first-order chi connectivity index (χ1) is 9.45. The number of unbranched alkanes of at least 4 members (excludes halogenated alkanes) is 1. The minimum atomic E-state index is -2.87. The Bertz CT molecular complexity index is 447. The lowest BCUT2D eigenvalue weighted by Gasteiger charge is -2.13. The van der Waals surface area contributed by atoms with Crippen molar-refractivity contribution in [1.29, 1.82) is 0 Å². The van der Waals surface area contributed by atoms with Crippen molar-refractivity contribution in [3.05, 3.63) is 28.8 Å². The van der Waals surface area contributed by atoms with Crippen LogP contribution in [0, 0.1) is 13.8 Å². The fourth-order valence-corrected chi connectivity index (χ4v) is 1.93. The van der Waals surface area contributed by atoms with Crippen LogP contribution in [0.1, 0.15) is 34.3 Å². The smallest absolute Gasteiger partial charge is 0.387 e. The molecule has 0 atom stereocenters. The molecular weight excluding hydrogens is 302 g/mol. The number of halogens is 3. The van der Waals surface area contributed by atoms with Crippen LogP contribution in [0.5, 0.6) is 5.75 Å². The molecule has 0 bridgehead atoms. The normalized spacial score (nSPS) is 10.2. The topological polar surface area (TPSA) is 64.4 Å². The molecule has 0 saturated carbocycles. The molecule has 0 spiro atoms. The summed E-state index contributed by atoms with van der Waals surface area (Å²) in [7, 11) is 0. The molecule has 0 unspecified atom stereocenters. The van der Waals surface area contributed by atoms with Gasteiger partial charge in [0.25, 0.3) is 5.91 Å². The molecule has 0 radical (unpaired) electrons. The standard InChI is InChI=1S/C14H20F2N2O2.ClH/c1-9-7-11(13(19)18-6-4-3-5-17)8-10(2)12(9)20-14(15)16;/h7-8,14H,3-6,17H2,1-2H3,(H,18,19);1H. The maximum atomic E-state index is 12.3. The SMILES string of the molecule is Cc1cc(C(=O)NCCCCN)cc(C)c1OC(F)F.Cl. The lowest BCUT2D eigenvalue weighted by atomic mass is 10.1. The van der Waals surface area contributed by atoms with E-state index >= 15 is 0 Å². The molecule has 0 heterocycles. The molecule has 4 nitrogen and oxygen atoms in total. The van der Waals surface area contributed by atoms with Crippen molar-refractivity contribution in [3.63, 3.8) is 0 Å². The molecule has 3 N–H and O–H groups in total. The molecule has 7 heteroatoms. The van der Waals surface area contributed by atoms with Crippen LogP contribution >= 0.6 is 12.4 Å². The average molecular weight is 323 g/mol. The molecule has 120 valence electrons. The zero-order valence-corrected chi connectivity index (χ0v) is 12.9. The van der Waals surface area contributed by atoms with Gasteiger partial charge in [0.05, 0.1) is 0 Å². The van der Waals surface area contributed by atoms with Gasteiger partial charge < -0.3 is 15.8 Å². The number of hydrogen-bond acceptors (Lipinski definition) is 3. The number of nitrogens with one attached hydrogen (secondary N) is 1. The Labute approximate surface area is 129 Å². The molecule has 0 aliphatic rings. The number of aryl methyl sites for hydroxylation is 2. The first-order valence-corrected chi connectivity index (χ1v) is 6.50. The highest BCUT2D eigenvalue weighted by Crippen LogP contribution is 2.26. The van der Waals surface area contributed by atoms with E-state index in [0.717, 1.165) is 12.8 Å². The van der Waals surface area contributed by atoms with E-state index in [-0.39, 0.29) is 24.1 Å². The number of benzene rings is 1. The summed E-state index contributed by atoms with van der Waals surface area (Å²) in [6.45, 7) is 1.53. The first kappa shape index (κ1) is 19.6. The molecule has 0 aromatic heterocycles. The van der Waals surface area contributed by atoms with Gasteiger partial charge in [-0.2, -0.15) is 8.78 Å². The van der Waals surface area contributed by atoms with Gasteiger partial charge in [0.1, 0.15) is 5.75 Å². The predicted octanol–water partition coefficient (Wildman–Crippen LogP) is 2.80. The van der Waals surface area contributed by atoms with Crippen LogP contribution in [0.3, 0.4) is 0 Å². The van der Waals surface area contributed by atoms with Gasteiger partial charge in [0, 0.05) is 12.1 Å². The number of ether oxygens (including phenoxy) is 1. The van der Waals surface area contributed by atoms with Crippen molar-refractivity contribution < 1.29 is 18.3 Å². The van der Waals surface area contributed by atoms with Crippen molar-refractivity contribution in [2.75, 3.05) is 13.1 Å². The van der Waals surface area contributed by atoms with Gasteiger partial charge in [-0.1, -0.05) is 0 Å². The van der Waals surface area contributed by atoms with E-state index in [1.54, 1.807) is 26.0 Å². The van der Waals surface area contributed by atoms with E-state index in [4.69, 9.17) is 5.73 Å². The van der Waals surface area contributed by atoms with E-state index in [2.05, 4.69) is 10.1 Å². The zero-order valence-electron chi connectivity index (χ0n) is 12.1. The van der Waals surface area contributed by atoms with Gasteiger partial charge >= 0.3 is 6.61 Å². The molecule has 1 aromatic carbocycles. The highest BCUT2D eigenvalue weighted by Gasteiger charge is 2.14. The second-order valence-corrected chi connectivity index (χ2v) is 4.57. The van der Waals surface area contributed by atoms with Crippen molar-refractivity contribution in [2.24, 2.45) is 5.73 Å². The molecular formula is C14H21ClF2N2O2. The van der Waals surface area contributed by atoms with Crippen LogP contribution in [-0.2, 0) is 0 Å². The van der Waals surface area contributed by atoms with Crippen molar-refractivity contribution in [2.45, 2.75) is 33.3 Å². The largest absolute Gasteiger partial charge is 0.434 e. The summed E-state index contributed by atoms with van der Waals surface area (Å²) >= 11 is 0. The summed E-state index contributed by atoms with van der Waals surface area (Å²) in [4.78, 5) is 11.9. The summed E-state index contributed by atoms with van der Waals surface area (Å²) in [5.41, 5.74) is 6.83. The van der Waals surface area contributed by atoms with Crippen LogP contribution < -0.4 is 15.8 Å². The van der Waals surface area contributed by atoms with Crippen molar-refractivity contribution in [3.8, 4) is 5.75 Å². The van der Waals surface area contributed by atoms with E-state index in [1.165, 1.54) is 0 Å². The Morgan fingerprint density at radius 2 is 1.86 bits per heavy atom. The van der Waals surface area contributed by atoms with Gasteiger partial charge in [-0.15, -0.1) is 12.4 Å². The Balaban J connectivity index is 0.00000400. The van der Waals surface area contributed by atoms with Gasteiger partial charge in [0.15, 0.2) is 0 Å². The first-order valence-electron chi connectivity index (χ1n) is 6.50. The molecule has 1 rings (SSSR count). The van der Waals surface area contributed by atoms with Crippen LogP contribution in [0.4, 0.5) is 8.78 Å². The quantitative estimate of drug-likeness (QED) is 0.759. The number of rotatable bonds is 7. The lowest BCUT2D eigenvalue weighted by molar-refractivity contribution is -0.0507. The van der Waals surface area contributed by atoms with Crippen molar-refractivity contribution >= 4 is 18.3 Å². The van der Waals surface area contributed by atoms with Gasteiger partial charge in [0.2, 0.25) is 0 Å². The third-order valence-electron chi connectivity index (χ3n) is 2.85. The predicted molar refractivity (Wildman–Crippen MR) is 80.4 cm³/mol.